The molecule has 1 aromatic heterocycles. The minimum Gasteiger partial charge on any atom is -0.333 e. The summed E-state index contributed by atoms with van der Waals surface area (Å²) in [5.74, 6) is -0.300. The SMILES string of the molecule is CC(=O)C(Sc1nc2ccccc2[nH]1)C(C)=O. The fourth-order valence-corrected chi connectivity index (χ4v) is 2.42. The summed E-state index contributed by atoms with van der Waals surface area (Å²) in [6.07, 6.45) is 0. The summed E-state index contributed by atoms with van der Waals surface area (Å²) in [6, 6.07) is 7.59. The van der Waals surface area contributed by atoms with E-state index in [4.69, 9.17) is 0 Å². The average molecular weight is 248 g/mol. The molecular weight excluding hydrogens is 236 g/mol. The zero-order valence-electron chi connectivity index (χ0n) is 9.56. The molecule has 1 N–H and O–H groups in total. The van der Waals surface area contributed by atoms with E-state index in [-0.39, 0.29) is 11.6 Å². The molecule has 0 aliphatic rings. The van der Waals surface area contributed by atoms with Crippen molar-refractivity contribution in [1.82, 2.24) is 9.97 Å². The molecule has 1 heterocycles. The molecule has 0 bridgehead atoms. The average Bonchev–Trinajstić information content (AvgIpc) is 2.67. The zero-order chi connectivity index (χ0) is 12.4. The number of carbonyl (C=O) groups is 2. The van der Waals surface area contributed by atoms with Gasteiger partial charge in [-0.25, -0.2) is 4.98 Å². The number of hydrogen-bond acceptors (Lipinski definition) is 4. The fourth-order valence-electron chi connectivity index (χ4n) is 1.55. The first kappa shape index (κ1) is 11.9. The molecule has 0 spiro atoms. The third-order valence-corrected chi connectivity index (χ3v) is 3.65. The Bertz CT molecular complexity index is 530. The Morgan fingerprint density at radius 2 is 1.88 bits per heavy atom. The number of Topliss-reactive ketones (excluding diaryl/α,β-unsaturated/α-hetero) is 2. The van der Waals surface area contributed by atoms with Crippen LogP contribution in [0.5, 0.6) is 0 Å². The quantitative estimate of drug-likeness (QED) is 0.665. The summed E-state index contributed by atoms with van der Waals surface area (Å²) in [4.78, 5) is 30.0. The minimum atomic E-state index is -0.671. The minimum absolute atomic E-state index is 0.150. The Labute approximate surface area is 103 Å². The van der Waals surface area contributed by atoms with E-state index in [1.807, 2.05) is 24.3 Å². The molecule has 0 unspecified atom stereocenters. The van der Waals surface area contributed by atoms with Crippen LogP contribution in [0.25, 0.3) is 11.0 Å². The van der Waals surface area contributed by atoms with Gasteiger partial charge in [0.15, 0.2) is 16.7 Å². The number of nitrogens with zero attached hydrogens (tertiary/aromatic N) is 1. The molecule has 0 saturated carbocycles. The number of aromatic amines is 1. The number of ketones is 2. The molecule has 5 heteroatoms. The monoisotopic (exact) mass is 248 g/mol. The van der Waals surface area contributed by atoms with Crippen LogP contribution in [-0.4, -0.2) is 26.8 Å². The zero-order valence-corrected chi connectivity index (χ0v) is 10.4. The Morgan fingerprint density at radius 1 is 1.24 bits per heavy atom. The lowest BCUT2D eigenvalue weighted by Crippen LogP contribution is -2.22. The van der Waals surface area contributed by atoms with Gasteiger partial charge in [-0.3, -0.25) is 9.59 Å². The number of fused-ring (bicyclic) bond motifs is 1. The van der Waals surface area contributed by atoms with Crippen molar-refractivity contribution in [2.45, 2.75) is 24.3 Å². The molecule has 0 saturated heterocycles. The molecule has 88 valence electrons. The molecule has 0 aliphatic heterocycles. The van der Waals surface area contributed by atoms with Gasteiger partial charge < -0.3 is 4.98 Å². The van der Waals surface area contributed by atoms with Gasteiger partial charge in [-0.05, 0) is 26.0 Å². The standard InChI is InChI=1S/C12H12N2O2S/c1-7(15)11(8(2)16)17-12-13-9-5-3-4-6-10(9)14-12/h3-6,11H,1-2H3,(H,13,14). The highest BCUT2D eigenvalue weighted by molar-refractivity contribution is 8.01. The predicted molar refractivity (Wildman–Crippen MR) is 67.1 cm³/mol. The second kappa shape index (κ2) is 4.71. The molecule has 0 radical (unpaired) electrons. The molecule has 2 rings (SSSR count). The first-order chi connectivity index (χ1) is 8.08. The lowest BCUT2D eigenvalue weighted by atomic mass is 10.2. The van der Waals surface area contributed by atoms with E-state index in [1.165, 1.54) is 13.8 Å². The fraction of sp³-hybridized carbons (Fsp3) is 0.250. The number of benzene rings is 1. The van der Waals surface area contributed by atoms with E-state index >= 15 is 0 Å². The van der Waals surface area contributed by atoms with Gasteiger partial charge in [-0.15, -0.1) is 0 Å². The lowest BCUT2D eigenvalue weighted by molar-refractivity contribution is -0.123. The third kappa shape index (κ3) is 2.55. The van der Waals surface area contributed by atoms with E-state index in [1.54, 1.807) is 0 Å². The smallest absolute Gasteiger partial charge is 0.167 e. The Hall–Kier alpha value is -1.62. The van der Waals surface area contributed by atoms with Crippen LogP contribution < -0.4 is 0 Å². The number of carbonyl (C=O) groups excluding carboxylic acids is 2. The lowest BCUT2D eigenvalue weighted by Gasteiger charge is -2.06. The van der Waals surface area contributed by atoms with Gasteiger partial charge in [-0.1, -0.05) is 23.9 Å². The molecule has 2 aromatic rings. The maximum Gasteiger partial charge on any atom is 0.167 e. The van der Waals surface area contributed by atoms with Crippen molar-refractivity contribution >= 4 is 34.4 Å². The Kier molecular flexibility index (Phi) is 3.28. The number of hydrogen-bond donors (Lipinski definition) is 1. The maximum atomic E-state index is 11.3. The summed E-state index contributed by atoms with van der Waals surface area (Å²) in [7, 11) is 0. The predicted octanol–water partition coefficient (Wildman–Crippen LogP) is 2.20. The largest absolute Gasteiger partial charge is 0.333 e. The summed E-state index contributed by atoms with van der Waals surface area (Å²) >= 11 is 1.16. The van der Waals surface area contributed by atoms with Crippen molar-refractivity contribution in [3.8, 4) is 0 Å². The van der Waals surface area contributed by atoms with Gasteiger partial charge >= 0.3 is 0 Å². The molecule has 0 fully saturated rings. The van der Waals surface area contributed by atoms with Crippen molar-refractivity contribution < 1.29 is 9.59 Å². The molecule has 0 amide bonds. The second-order valence-corrected chi connectivity index (χ2v) is 4.87. The number of nitrogens with one attached hydrogen (secondary N) is 1. The van der Waals surface area contributed by atoms with E-state index in [9.17, 15) is 9.59 Å². The van der Waals surface area contributed by atoms with Crippen LogP contribution in [0.15, 0.2) is 29.4 Å². The number of H-pyrrole nitrogens is 1. The molecular formula is C12H12N2O2S. The highest BCUT2D eigenvalue weighted by atomic mass is 32.2. The van der Waals surface area contributed by atoms with Crippen LogP contribution in [0, 0.1) is 0 Å². The molecule has 0 aliphatic carbocycles. The summed E-state index contributed by atoms with van der Waals surface area (Å²) in [5.41, 5.74) is 1.74. The first-order valence-electron chi connectivity index (χ1n) is 5.20. The van der Waals surface area contributed by atoms with Crippen molar-refractivity contribution in [2.24, 2.45) is 0 Å². The highest BCUT2D eigenvalue weighted by Crippen LogP contribution is 2.24. The van der Waals surface area contributed by atoms with Gasteiger partial charge in [0.2, 0.25) is 0 Å². The van der Waals surface area contributed by atoms with E-state index in [0.717, 1.165) is 22.8 Å². The number of para-hydroxylation sites is 2. The van der Waals surface area contributed by atoms with E-state index < -0.39 is 5.25 Å². The number of imidazole rings is 1. The number of rotatable bonds is 4. The first-order valence-corrected chi connectivity index (χ1v) is 6.08. The van der Waals surface area contributed by atoms with Gasteiger partial charge in [-0.2, -0.15) is 0 Å². The van der Waals surface area contributed by atoms with E-state index in [0.29, 0.717) is 5.16 Å². The normalized spacial score (nSPS) is 11.0. The molecule has 4 nitrogen and oxygen atoms in total. The van der Waals surface area contributed by atoms with Crippen LogP contribution in [0.1, 0.15) is 13.8 Å². The van der Waals surface area contributed by atoms with Gasteiger partial charge in [0, 0.05) is 0 Å². The number of thioether (sulfide) groups is 1. The van der Waals surface area contributed by atoms with Crippen molar-refractivity contribution in [1.29, 1.82) is 0 Å². The van der Waals surface area contributed by atoms with Crippen LogP contribution in [-0.2, 0) is 9.59 Å². The van der Waals surface area contributed by atoms with Crippen LogP contribution in [0.3, 0.4) is 0 Å². The van der Waals surface area contributed by atoms with Gasteiger partial charge in [0.25, 0.3) is 0 Å². The van der Waals surface area contributed by atoms with Gasteiger partial charge in [0.1, 0.15) is 5.25 Å². The third-order valence-electron chi connectivity index (χ3n) is 2.34. The highest BCUT2D eigenvalue weighted by Gasteiger charge is 2.22. The summed E-state index contributed by atoms with van der Waals surface area (Å²) in [5, 5.41) is -0.0721. The maximum absolute atomic E-state index is 11.3. The van der Waals surface area contributed by atoms with Crippen molar-refractivity contribution in [3.05, 3.63) is 24.3 Å². The van der Waals surface area contributed by atoms with E-state index in [2.05, 4.69) is 9.97 Å². The molecule has 17 heavy (non-hydrogen) atoms. The Morgan fingerprint density at radius 3 is 2.47 bits per heavy atom. The Balaban J connectivity index is 2.28. The van der Waals surface area contributed by atoms with Crippen LogP contribution in [0.2, 0.25) is 0 Å². The van der Waals surface area contributed by atoms with Crippen LogP contribution >= 0.6 is 11.8 Å². The summed E-state index contributed by atoms with van der Waals surface area (Å²) < 4.78 is 0. The summed E-state index contributed by atoms with van der Waals surface area (Å²) in [6.45, 7) is 2.84. The van der Waals surface area contributed by atoms with Crippen LogP contribution in [0.4, 0.5) is 0 Å². The topological polar surface area (TPSA) is 62.8 Å². The molecule has 0 atom stereocenters. The van der Waals surface area contributed by atoms with Crippen molar-refractivity contribution in [2.75, 3.05) is 0 Å². The second-order valence-electron chi connectivity index (χ2n) is 3.78. The molecule has 1 aromatic carbocycles. The van der Waals surface area contributed by atoms with Crippen molar-refractivity contribution in [3.63, 3.8) is 0 Å². The van der Waals surface area contributed by atoms with Gasteiger partial charge in [0.05, 0.1) is 11.0 Å². The number of aromatic nitrogens is 2.